The molecule has 0 radical (unpaired) electrons. The summed E-state index contributed by atoms with van der Waals surface area (Å²) in [6.07, 6.45) is 3.20. The van der Waals surface area contributed by atoms with Gasteiger partial charge < -0.3 is 15.4 Å². The van der Waals surface area contributed by atoms with E-state index < -0.39 is 0 Å². The van der Waals surface area contributed by atoms with Gasteiger partial charge in [-0.3, -0.25) is 4.79 Å². The van der Waals surface area contributed by atoms with Crippen LogP contribution in [0.3, 0.4) is 0 Å². The van der Waals surface area contributed by atoms with Crippen molar-refractivity contribution >= 4 is 11.6 Å². The molecule has 4 heteroatoms. The Labute approximate surface area is 157 Å². The molecule has 0 aliphatic heterocycles. The number of ether oxygens (including phenoxy) is 1. The second-order valence-corrected chi connectivity index (χ2v) is 6.57. The number of para-hydroxylation sites is 1. The summed E-state index contributed by atoms with van der Waals surface area (Å²) in [6, 6.07) is 16.3. The van der Waals surface area contributed by atoms with E-state index in [1.54, 1.807) is 0 Å². The summed E-state index contributed by atoms with van der Waals surface area (Å²) < 4.78 is 5.81. The van der Waals surface area contributed by atoms with E-state index in [2.05, 4.69) is 42.7 Å². The Morgan fingerprint density at radius 1 is 0.962 bits per heavy atom. The monoisotopic (exact) mass is 354 g/mol. The number of nitrogens with one attached hydrogen (secondary N) is 2. The SMILES string of the molecule is Cc1ccc(C)c(OCCCCC(=O)NCCCNc2ccccc2)c1. The maximum atomic E-state index is 11.8. The average Bonchev–Trinajstić information content (AvgIpc) is 2.65. The highest BCUT2D eigenvalue weighted by atomic mass is 16.5. The molecule has 0 aromatic heterocycles. The second-order valence-electron chi connectivity index (χ2n) is 6.57. The fraction of sp³-hybridized carbons (Fsp3) is 0.409. The van der Waals surface area contributed by atoms with E-state index in [0.717, 1.165) is 42.8 Å². The largest absolute Gasteiger partial charge is 0.493 e. The van der Waals surface area contributed by atoms with E-state index >= 15 is 0 Å². The van der Waals surface area contributed by atoms with E-state index in [9.17, 15) is 4.79 Å². The zero-order valence-electron chi connectivity index (χ0n) is 15.9. The van der Waals surface area contributed by atoms with Gasteiger partial charge in [-0.25, -0.2) is 0 Å². The van der Waals surface area contributed by atoms with Crippen LogP contribution in [0.15, 0.2) is 48.5 Å². The summed E-state index contributed by atoms with van der Waals surface area (Å²) in [5, 5.41) is 6.31. The highest BCUT2D eigenvalue weighted by molar-refractivity contribution is 5.75. The number of benzene rings is 2. The van der Waals surface area contributed by atoms with Crippen molar-refractivity contribution in [1.82, 2.24) is 5.32 Å². The molecule has 4 nitrogen and oxygen atoms in total. The molecule has 0 heterocycles. The fourth-order valence-electron chi connectivity index (χ4n) is 2.63. The molecule has 2 aromatic carbocycles. The first-order valence-corrected chi connectivity index (χ1v) is 9.41. The molecule has 0 aliphatic carbocycles. The van der Waals surface area contributed by atoms with Crippen LogP contribution in [0.4, 0.5) is 5.69 Å². The molecule has 1 amide bonds. The number of hydrogen-bond donors (Lipinski definition) is 2. The van der Waals surface area contributed by atoms with Gasteiger partial charge in [0.05, 0.1) is 6.61 Å². The Balaban J connectivity index is 1.48. The zero-order valence-corrected chi connectivity index (χ0v) is 15.9. The third-order valence-electron chi connectivity index (χ3n) is 4.18. The first-order chi connectivity index (χ1) is 12.6. The predicted molar refractivity (Wildman–Crippen MR) is 108 cm³/mol. The Bertz CT molecular complexity index is 671. The van der Waals surface area contributed by atoms with E-state index in [1.807, 2.05) is 30.3 Å². The van der Waals surface area contributed by atoms with Crippen LogP contribution in [0.25, 0.3) is 0 Å². The molecule has 0 aliphatic rings. The first-order valence-electron chi connectivity index (χ1n) is 9.41. The van der Waals surface area contributed by atoms with Crippen LogP contribution in [0.1, 0.15) is 36.8 Å². The molecule has 26 heavy (non-hydrogen) atoms. The number of unbranched alkanes of at least 4 members (excludes halogenated alkanes) is 1. The van der Waals surface area contributed by atoms with Crippen molar-refractivity contribution in [3.05, 3.63) is 59.7 Å². The molecule has 140 valence electrons. The second kappa shape index (κ2) is 11.2. The Morgan fingerprint density at radius 2 is 1.77 bits per heavy atom. The molecule has 2 N–H and O–H groups in total. The Morgan fingerprint density at radius 3 is 2.58 bits per heavy atom. The first kappa shape index (κ1) is 19.8. The predicted octanol–water partition coefficient (Wildman–Crippen LogP) is 4.47. The molecule has 0 unspecified atom stereocenters. The van der Waals surface area contributed by atoms with Gasteiger partial charge in [-0.05, 0) is 62.4 Å². The number of hydrogen-bond acceptors (Lipinski definition) is 3. The third-order valence-corrected chi connectivity index (χ3v) is 4.18. The van der Waals surface area contributed by atoms with E-state index in [4.69, 9.17) is 4.74 Å². The van der Waals surface area contributed by atoms with Gasteiger partial charge in [0.2, 0.25) is 5.91 Å². The highest BCUT2D eigenvalue weighted by Crippen LogP contribution is 2.19. The summed E-state index contributed by atoms with van der Waals surface area (Å²) in [7, 11) is 0. The van der Waals surface area contributed by atoms with Gasteiger partial charge in [-0.15, -0.1) is 0 Å². The molecular weight excluding hydrogens is 324 g/mol. The maximum Gasteiger partial charge on any atom is 0.219 e. The minimum Gasteiger partial charge on any atom is -0.493 e. The number of rotatable bonds is 11. The number of amides is 1. The zero-order chi connectivity index (χ0) is 18.6. The van der Waals surface area contributed by atoms with Crippen molar-refractivity contribution in [2.24, 2.45) is 0 Å². The van der Waals surface area contributed by atoms with E-state index in [-0.39, 0.29) is 5.91 Å². The van der Waals surface area contributed by atoms with Crippen LogP contribution >= 0.6 is 0 Å². The van der Waals surface area contributed by atoms with Crippen molar-refractivity contribution in [2.45, 2.75) is 39.5 Å². The Hall–Kier alpha value is -2.49. The van der Waals surface area contributed by atoms with Gasteiger partial charge in [0, 0.05) is 25.2 Å². The van der Waals surface area contributed by atoms with Crippen LogP contribution in [-0.2, 0) is 4.79 Å². The van der Waals surface area contributed by atoms with Crippen LogP contribution < -0.4 is 15.4 Å². The lowest BCUT2D eigenvalue weighted by atomic mass is 10.1. The van der Waals surface area contributed by atoms with Crippen molar-refractivity contribution in [1.29, 1.82) is 0 Å². The van der Waals surface area contributed by atoms with Crippen LogP contribution in [-0.4, -0.2) is 25.6 Å². The molecular formula is C22H30N2O2. The molecule has 2 rings (SSSR count). The van der Waals surface area contributed by atoms with Gasteiger partial charge in [0.15, 0.2) is 0 Å². The maximum absolute atomic E-state index is 11.8. The van der Waals surface area contributed by atoms with Crippen molar-refractivity contribution in [3.63, 3.8) is 0 Å². The van der Waals surface area contributed by atoms with Crippen LogP contribution in [0.2, 0.25) is 0 Å². The summed E-state index contributed by atoms with van der Waals surface area (Å²) >= 11 is 0. The standard InChI is InChI=1S/C22H30N2O2/c1-18-12-13-19(2)21(17-18)26-16-7-6-11-22(25)24-15-8-14-23-20-9-4-3-5-10-20/h3-5,9-10,12-13,17,23H,6-8,11,14-16H2,1-2H3,(H,24,25). The van der Waals surface area contributed by atoms with Gasteiger partial charge in [0.1, 0.15) is 5.75 Å². The average molecular weight is 354 g/mol. The molecule has 0 saturated heterocycles. The van der Waals surface area contributed by atoms with E-state index in [0.29, 0.717) is 19.6 Å². The Kier molecular flexibility index (Phi) is 8.53. The molecule has 0 fully saturated rings. The van der Waals surface area contributed by atoms with E-state index in [1.165, 1.54) is 5.56 Å². The van der Waals surface area contributed by atoms with Gasteiger partial charge in [-0.1, -0.05) is 30.3 Å². The summed E-state index contributed by atoms with van der Waals surface area (Å²) in [5.74, 6) is 1.07. The molecule has 0 spiro atoms. The fourth-order valence-corrected chi connectivity index (χ4v) is 2.63. The highest BCUT2D eigenvalue weighted by Gasteiger charge is 2.02. The number of carbonyl (C=O) groups excluding carboxylic acids is 1. The van der Waals surface area contributed by atoms with Gasteiger partial charge in [0.25, 0.3) is 0 Å². The van der Waals surface area contributed by atoms with Crippen LogP contribution in [0, 0.1) is 13.8 Å². The lowest BCUT2D eigenvalue weighted by Crippen LogP contribution is -2.25. The minimum absolute atomic E-state index is 0.122. The smallest absolute Gasteiger partial charge is 0.219 e. The lowest BCUT2D eigenvalue weighted by molar-refractivity contribution is -0.121. The van der Waals surface area contributed by atoms with Gasteiger partial charge in [-0.2, -0.15) is 0 Å². The number of carbonyl (C=O) groups is 1. The van der Waals surface area contributed by atoms with Gasteiger partial charge >= 0.3 is 0 Å². The topological polar surface area (TPSA) is 50.4 Å². The molecule has 0 saturated carbocycles. The van der Waals surface area contributed by atoms with Crippen molar-refractivity contribution in [2.75, 3.05) is 25.0 Å². The molecule has 0 bridgehead atoms. The van der Waals surface area contributed by atoms with Crippen molar-refractivity contribution in [3.8, 4) is 5.75 Å². The van der Waals surface area contributed by atoms with Crippen molar-refractivity contribution < 1.29 is 9.53 Å². The third kappa shape index (κ3) is 7.60. The van der Waals surface area contributed by atoms with Crippen LogP contribution in [0.5, 0.6) is 5.75 Å². The normalized spacial score (nSPS) is 10.4. The number of anilines is 1. The minimum atomic E-state index is 0.122. The quantitative estimate of drug-likeness (QED) is 0.585. The summed E-state index contributed by atoms with van der Waals surface area (Å²) in [5.41, 5.74) is 3.46. The summed E-state index contributed by atoms with van der Waals surface area (Å²) in [4.78, 5) is 11.8. The number of aryl methyl sites for hydroxylation is 2. The summed E-state index contributed by atoms with van der Waals surface area (Å²) in [6.45, 7) is 6.32. The lowest BCUT2D eigenvalue weighted by Gasteiger charge is -2.10. The molecule has 0 atom stereocenters. The molecule has 2 aromatic rings.